The van der Waals surface area contributed by atoms with Gasteiger partial charge < -0.3 is 15.8 Å². The van der Waals surface area contributed by atoms with E-state index >= 15 is 0 Å². The maximum atomic E-state index is 5.51. The molecular weight excluding hydrogens is 212 g/mol. The van der Waals surface area contributed by atoms with Gasteiger partial charge in [0.2, 0.25) is 0 Å². The lowest BCUT2D eigenvalue weighted by Gasteiger charge is -2.29. The van der Waals surface area contributed by atoms with Crippen LogP contribution in [-0.2, 0) is 5.41 Å². The van der Waals surface area contributed by atoms with E-state index in [-0.39, 0.29) is 5.41 Å². The summed E-state index contributed by atoms with van der Waals surface area (Å²) in [5.41, 5.74) is 9.26. The number of nitrogens with two attached hydrogens (primary N) is 1. The first-order valence-corrected chi connectivity index (χ1v) is 5.99. The fourth-order valence-electron chi connectivity index (χ4n) is 2.43. The zero-order valence-electron chi connectivity index (χ0n) is 11.6. The molecule has 0 radical (unpaired) electrons. The Balaban J connectivity index is 3.19. The molecule has 0 aliphatic heterocycles. The molecule has 1 aromatic carbocycles. The molecule has 1 aromatic rings. The molecule has 0 saturated heterocycles. The molecule has 3 nitrogen and oxygen atoms in total. The van der Waals surface area contributed by atoms with Gasteiger partial charge in [0.15, 0.2) is 0 Å². The fourth-order valence-corrected chi connectivity index (χ4v) is 2.43. The summed E-state index contributed by atoms with van der Waals surface area (Å²) in [4.78, 5) is 0. The molecule has 0 spiro atoms. The summed E-state index contributed by atoms with van der Waals surface area (Å²) in [6, 6.07) is 4.29. The molecule has 0 aliphatic rings. The number of ether oxygens (including phenoxy) is 1. The van der Waals surface area contributed by atoms with Gasteiger partial charge in [-0.15, -0.1) is 0 Å². The Kier molecular flexibility index (Phi) is 4.54. The van der Waals surface area contributed by atoms with Crippen molar-refractivity contribution in [3.05, 3.63) is 28.8 Å². The highest BCUT2D eigenvalue weighted by Crippen LogP contribution is 2.34. The zero-order valence-corrected chi connectivity index (χ0v) is 11.6. The van der Waals surface area contributed by atoms with Crippen LogP contribution >= 0.6 is 0 Å². The second-order valence-electron chi connectivity index (χ2n) is 5.17. The van der Waals surface area contributed by atoms with E-state index in [2.05, 4.69) is 45.1 Å². The second-order valence-corrected chi connectivity index (χ2v) is 5.17. The van der Waals surface area contributed by atoms with E-state index in [9.17, 15) is 0 Å². The van der Waals surface area contributed by atoms with Gasteiger partial charge in [0.05, 0.1) is 7.11 Å². The van der Waals surface area contributed by atoms with E-state index in [4.69, 9.17) is 10.5 Å². The molecule has 0 unspecified atom stereocenters. The van der Waals surface area contributed by atoms with Gasteiger partial charge in [-0.25, -0.2) is 0 Å². The third-order valence-electron chi connectivity index (χ3n) is 3.05. The van der Waals surface area contributed by atoms with E-state index in [0.717, 1.165) is 12.3 Å². The molecule has 0 aliphatic carbocycles. The molecule has 0 atom stereocenters. The van der Waals surface area contributed by atoms with Crippen LogP contribution in [0, 0.1) is 13.8 Å². The maximum Gasteiger partial charge on any atom is 0.123 e. The SMILES string of the molecule is COc1cc(C)cc(C)c1C(C)(C)CNCN. The van der Waals surface area contributed by atoms with Crippen LogP contribution in [-0.4, -0.2) is 20.3 Å². The number of rotatable bonds is 5. The predicted molar refractivity (Wildman–Crippen MR) is 72.6 cm³/mol. The van der Waals surface area contributed by atoms with Crippen molar-refractivity contribution in [2.45, 2.75) is 33.1 Å². The lowest BCUT2D eigenvalue weighted by atomic mass is 9.80. The monoisotopic (exact) mass is 236 g/mol. The smallest absolute Gasteiger partial charge is 0.123 e. The third-order valence-corrected chi connectivity index (χ3v) is 3.05. The van der Waals surface area contributed by atoms with Crippen molar-refractivity contribution < 1.29 is 4.74 Å². The fraction of sp³-hybridized carbons (Fsp3) is 0.571. The normalized spacial score (nSPS) is 11.6. The summed E-state index contributed by atoms with van der Waals surface area (Å²) in [6.07, 6.45) is 0. The summed E-state index contributed by atoms with van der Waals surface area (Å²) >= 11 is 0. The minimum atomic E-state index is 0.00248. The average molecular weight is 236 g/mol. The van der Waals surface area contributed by atoms with Gasteiger partial charge in [0.1, 0.15) is 5.75 Å². The van der Waals surface area contributed by atoms with Crippen LogP contribution < -0.4 is 15.8 Å². The molecule has 3 N–H and O–H groups in total. The topological polar surface area (TPSA) is 47.3 Å². The summed E-state index contributed by atoms with van der Waals surface area (Å²) < 4.78 is 5.51. The van der Waals surface area contributed by atoms with Crippen LogP contribution in [0.5, 0.6) is 5.75 Å². The summed E-state index contributed by atoms with van der Waals surface area (Å²) in [5, 5.41) is 3.20. The Morgan fingerprint density at radius 1 is 1.29 bits per heavy atom. The number of hydrogen-bond acceptors (Lipinski definition) is 3. The molecule has 0 heterocycles. The molecule has 0 aromatic heterocycles. The summed E-state index contributed by atoms with van der Waals surface area (Å²) in [7, 11) is 1.73. The Bertz CT molecular complexity index is 386. The van der Waals surface area contributed by atoms with Gasteiger partial charge in [-0.2, -0.15) is 0 Å². The highest BCUT2D eigenvalue weighted by Gasteiger charge is 2.26. The van der Waals surface area contributed by atoms with E-state index in [1.807, 2.05) is 0 Å². The largest absolute Gasteiger partial charge is 0.496 e. The van der Waals surface area contributed by atoms with Gasteiger partial charge >= 0.3 is 0 Å². The van der Waals surface area contributed by atoms with Crippen molar-refractivity contribution in [1.29, 1.82) is 0 Å². The van der Waals surface area contributed by atoms with E-state index in [1.54, 1.807) is 7.11 Å². The summed E-state index contributed by atoms with van der Waals surface area (Å²) in [5.74, 6) is 0.964. The minimum Gasteiger partial charge on any atom is -0.496 e. The predicted octanol–water partition coefficient (Wildman–Crippen LogP) is 2.10. The standard InChI is InChI=1S/C14H24N2O/c1-10-6-11(2)13(12(7-10)17-5)14(3,4)8-16-9-15/h6-7,16H,8-9,15H2,1-5H3. The van der Waals surface area contributed by atoms with E-state index in [1.165, 1.54) is 16.7 Å². The third kappa shape index (κ3) is 3.20. The van der Waals surface area contributed by atoms with Crippen molar-refractivity contribution in [2.24, 2.45) is 5.73 Å². The quantitative estimate of drug-likeness (QED) is 0.770. The highest BCUT2D eigenvalue weighted by atomic mass is 16.5. The Hall–Kier alpha value is -1.06. The first kappa shape index (κ1) is 14.0. The molecule has 0 saturated carbocycles. The molecule has 0 bridgehead atoms. The zero-order chi connectivity index (χ0) is 13.1. The van der Waals surface area contributed by atoms with Gasteiger partial charge in [-0.05, 0) is 31.0 Å². The second kappa shape index (κ2) is 5.52. The van der Waals surface area contributed by atoms with Gasteiger partial charge in [-0.1, -0.05) is 19.9 Å². The summed E-state index contributed by atoms with van der Waals surface area (Å²) in [6.45, 7) is 9.96. The number of benzene rings is 1. The average Bonchev–Trinajstić information content (AvgIpc) is 2.24. The lowest BCUT2D eigenvalue weighted by Crippen LogP contribution is -2.36. The van der Waals surface area contributed by atoms with Crippen molar-refractivity contribution in [1.82, 2.24) is 5.32 Å². The van der Waals surface area contributed by atoms with Gasteiger partial charge in [0.25, 0.3) is 0 Å². The number of hydrogen-bond donors (Lipinski definition) is 2. The van der Waals surface area contributed by atoms with Crippen molar-refractivity contribution >= 4 is 0 Å². The first-order valence-electron chi connectivity index (χ1n) is 5.99. The molecule has 1 rings (SSSR count). The van der Waals surface area contributed by atoms with Crippen LogP contribution in [0.2, 0.25) is 0 Å². The first-order chi connectivity index (χ1) is 7.92. The van der Waals surface area contributed by atoms with E-state index in [0.29, 0.717) is 6.67 Å². The molecular formula is C14H24N2O. The maximum absolute atomic E-state index is 5.51. The number of nitrogens with one attached hydrogen (secondary N) is 1. The van der Waals surface area contributed by atoms with Crippen LogP contribution in [0.3, 0.4) is 0 Å². The Morgan fingerprint density at radius 3 is 2.47 bits per heavy atom. The Morgan fingerprint density at radius 2 is 1.94 bits per heavy atom. The van der Waals surface area contributed by atoms with Gasteiger partial charge in [-0.3, -0.25) is 0 Å². The molecule has 3 heteroatoms. The van der Waals surface area contributed by atoms with Crippen molar-refractivity contribution in [2.75, 3.05) is 20.3 Å². The molecule has 0 fully saturated rings. The van der Waals surface area contributed by atoms with Crippen molar-refractivity contribution in [3.63, 3.8) is 0 Å². The van der Waals surface area contributed by atoms with Crippen LogP contribution in [0.4, 0.5) is 0 Å². The lowest BCUT2D eigenvalue weighted by molar-refractivity contribution is 0.385. The van der Waals surface area contributed by atoms with E-state index < -0.39 is 0 Å². The van der Waals surface area contributed by atoms with Gasteiger partial charge in [0, 0.05) is 24.2 Å². The number of aryl methyl sites for hydroxylation is 2. The van der Waals surface area contributed by atoms with Crippen LogP contribution in [0.1, 0.15) is 30.5 Å². The number of methoxy groups -OCH3 is 1. The van der Waals surface area contributed by atoms with Crippen LogP contribution in [0.15, 0.2) is 12.1 Å². The molecule has 0 amide bonds. The van der Waals surface area contributed by atoms with Crippen LogP contribution in [0.25, 0.3) is 0 Å². The Labute approximate surface area is 104 Å². The minimum absolute atomic E-state index is 0.00248. The molecule has 17 heavy (non-hydrogen) atoms. The highest BCUT2D eigenvalue weighted by molar-refractivity contribution is 5.47. The van der Waals surface area contributed by atoms with Crippen molar-refractivity contribution in [3.8, 4) is 5.75 Å². The molecule has 96 valence electrons.